The highest BCUT2D eigenvalue weighted by Crippen LogP contribution is 2.14. The molecule has 0 unspecified atom stereocenters. The Balaban J connectivity index is 2.27. The smallest absolute Gasteiger partial charge is 0.373 e. The van der Waals surface area contributed by atoms with Gasteiger partial charge in [0.15, 0.2) is 0 Å². The first-order valence-electron chi connectivity index (χ1n) is 7.84. The largest absolute Gasteiger partial charge is 0.494 e. The van der Waals surface area contributed by atoms with Gasteiger partial charge in [-0.15, -0.1) is 0 Å². The molecule has 21 heavy (non-hydrogen) atoms. The third-order valence-corrected chi connectivity index (χ3v) is 3.07. The Hall–Kier alpha value is -1.55. The van der Waals surface area contributed by atoms with Gasteiger partial charge < -0.3 is 4.74 Å². The summed E-state index contributed by atoms with van der Waals surface area (Å²) in [4.78, 5) is 21.2. The van der Waals surface area contributed by atoms with Crippen LogP contribution in [0.25, 0.3) is 0 Å². The Labute approximate surface area is 127 Å². The predicted octanol–water partition coefficient (Wildman–Crippen LogP) is 4.53. The van der Waals surface area contributed by atoms with Crippen LogP contribution >= 0.6 is 0 Å². The quantitative estimate of drug-likeness (QED) is 0.341. The Bertz CT molecular complexity index is 386. The minimum atomic E-state index is -0.472. The second kappa shape index (κ2) is 11.1. The number of hydrogen-bond acceptors (Lipinski definition) is 4. The highest BCUT2D eigenvalue weighted by Gasteiger charge is 2.08. The first kappa shape index (κ1) is 17.5. The maximum Gasteiger partial charge on any atom is 0.373 e. The van der Waals surface area contributed by atoms with E-state index in [1.54, 1.807) is 24.3 Å². The molecule has 0 aliphatic rings. The van der Waals surface area contributed by atoms with Crippen LogP contribution in [0.15, 0.2) is 24.3 Å². The highest BCUT2D eigenvalue weighted by molar-refractivity contribution is 5.89. The molecule has 0 aromatic heterocycles. The number of hydrogen-bond donors (Lipinski definition) is 0. The van der Waals surface area contributed by atoms with Crippen LogP contribution in [0.4, 0.5) is 0 Å². The van der Waals surface area contributed by atoms with Gasteiger partial charge in [-0.25, -0.2) is 4.79 Å². The van der Waals surface area contributed by atoms with E-state index in [0.29, 0.717) is 18.8 Å². The summed E-state index contributed by atoms with van der Waals surface area (Å²) in [5.74, 6) is 0.301. The van der Waals surface area contributed by atoms with Gasteiger partial charge in [0.2, 0.25) is 0 Å². The van der Waals surface area contributed by atoms with E-state index in [-0.39, 0.29) is 0 Å². The fourth-order valence-corrected chi connectivity index (χ4v) is 1.75. The number of benzene rings is 1. The molecule has 0 radical (unpaired) electrons. The van der Waals surface area contributed by atoms with Crippen molar-refractivity contribution in [3.8, 4) is 5.75 Å². The van der Waals surface area contributed by atoms with Crippen LogP contribution in [0.3, 0.4) is 0 Å². The zero-order valence-electron chi connectivity index (χ0n) is 13.1. The van der Waals surface area contributed by atoms with Crippen LogP contribution in [0.5, 0.6) is 5.75 Å². The highest BCUT2D eigenvalue weighted by atomic mass is 17.2. The van der Waals surface area contributed by atoms with Gasteiger partial charge >= 0.3 is 5.97 Å². The van der Waals surface area contributed by atoms with E-state index >= 15 is 0 Å². The fourth-order valence-electron chi connectivity index (χ4n) is 1.75. The van der Waals surface area contributed by atoms with Crippen molar-refractivity contribution in [1.82, 2.24) is 0 Å². The second-order valence-electron chi connectivity index (χ2n) is 4.98. The molecule has 1 aromatic rings. The molecule has 118 valence electrons. The zero-order valence-corrected chi connectivity index (χ0v) is 13.1. The molecule has 1 rings (SSSR count). The van der Waals surface area contributed by atoms with Gasteiger partial charge in [0.05, 0.1) is 18.8 Å². The summed E-state index contributed by atoms with van der Waals surface area (Å²) >= 11 is 0. The van der Waals surface area contributed by atoms with Gasteiger partial charge in [-0.05, 0) is 37.1 Å². The molecule has 4 heteroatoms. The molecule has 0 saturated heterocycles. The van der Waals surface area contributed by atoms with Gasteiger partial charge in [-0.3, -0.25) is 4.89 Å². The third-order valence-electron chi connectivity index (χ3n) is 3.07. The number of carbonyl (C=O) groups is 1. The van der Waals surface area contributed by atoms with E-state index in [9.17, 15) is 4.79 Å². The lowest BCUT2D eigenvalue weighted by Crippen LogP contribution is -2.07. The summed E-state index contributed by atoms with van der Waals surface area (Å²) in [6, 6.07) is 6.94. The number of carbonyl (C=O) groups excluding carboxylic acids is 1. The van der Waals surface area contributed by atoms with Crippen molar-refractivity contribution in [2.75, 3.05) is 13.2 Å². The van der Waals surface area contributed by atoms with E-state index in [1.165, 1.54) is 19.3 Å². The molecule has 0 N–H and O–H groups in total. The van der Waals surface area contributed by atoms with Crippen LogP contribution < -0.4 is 4.74 Å². The maximum absolute atomic E-state index is 11.7. The Morgan fingerprint density at radius 2 is 1.62 bits per heavy atom. The number of unbranched alkanes of at least 4 members (excludes halogenated alkanes) is 4. The van der Waals surface area contributed by atoms with Gasteiger partial charge in [0, 0.05) is 0 Å². The average Bonchev–Trinajstić information content (AvgIpc) is 2.52. The van der Waals surface area contributed by atoms with Crippen molar-refractivity contribution in [1.29, 1.82) is 0 Å². The topological polar surface area (TPSA) is 44.8 Å². The van der Waals surface area contributed by atoms with E-state index in [1.807, 2.05) is 6.92 Å². The predicted molar refractivity (Wildman–Crippen MR) is 82.4 cm³/mol. The van der Waals surface area contributed by atoms with Gasteiger partial charge in [-0.1, -0.05) is 39.5 Å². The Morgan fingerprint density at radius 1 is 0.905 bits per heavy atom. The SMILES string of the molecule is CCCCCCOc1ccc(C(=O)OOCCCC)cc1. The molecule has 0 fully saturated rings. The van der Waals surface area contributed by atoms with Crippen LogP contribution in [-0.2, 0) is 9.78 Å². The molecule has 0 atom stereocenters. The molecule has 0 amide bonds. The summed E-state index contributed by atoms with van der Waals surface area (Å²) in [6.07, 6.45) is 6.59. The van der Waals surface area contributed by atoms with E-state index < -0.39 is 5.97 Å². The first-order valence-corrected chi connectivity index (χ1v) is 7.84. The zero-order chi connectivity index (χ0) is 15.3. The minimum Gasteiger partial charge on any atom is -0.494 e. The van der Waals surface area contributed by atoms with Crippen LogP contribution in [0.1, 0.15) is 62.7 Å². The van der Waals surface area contributed by atoms with Crippen molar-refractivity contribution < 1.29 is 19.3 Å². The lowest BCUT2D eigenvalue weighted by atomic mass is 10.2. The lowest BCUT2D eigenvalue weighted by Gasteiger charge is -2.07. The molecular weight excluding hydrogens is 268 g/mol. The molecule has 0 saturated carbocycles. The fraction of sp³-hybridized carbons (Fsp3) is 0.588. The van der Waals surface area contributed by atoms with E-state index in [0.717, 1.165) is 25.0 Å². The molecule has 0 bridgehead atoms. The summed E-state index contributed by atoms with van der Waals surface area (Å²) in [7, 11) is 0. The summed E-state index contributed by atoms with van der Waals surface area (Å²) in [5.41, 5.74) is 0.463. The summed E-state index contributed by atoms with van der Waals surface area (Å²) in [6.45, 7) is 5.38. The molecule has 0 aliphatic carbocycles. The minimum absolute atomic E-state index is 0.432. The van der Waals surface area contributed by atoms with E-state index in [4.69, 9.17) is 14.5 Å². The molecular formula is C17H26O4. The van der Waals surface area contributed by atoms with Gasteiger partial charge in [0.25, 0.3) is 0 Å². The summed E-state index contributed by atoms with van der Waals surface area (Å²) in [5, 5.41) is 0. The van der Waals surface area contributed by atoms with Crippen molar-refractivity contribution in [3.63, 3.8) is 0 Å². The van der Waals surface area contributed by atoms with Crippen molar-refractivity contribution >= 4 is 5.97 Å². The average molecular weight is 294 g/mol. The van der Waals surface area contributed by atoms with Crippen molar-refractivity contribution in [2.24, 2.45) is 0 Å². The van der Waals surface area contributed by atoms with Crippen LogP contribution in [-0.4, -0.2) is 19.2 Å². The molecule has 1 aromatic carbocycles. The van der Waals surface area contributed by atoms with Gasteiger partial charge in [-0.2, -0.15) is 4.89 Å². The lowest BCUT2D eigenvalue weighted by molar-refractivity contribution is -0.241. The standard InChI is InChI=1S/C17H26O4/c1-3-5-7-8-13-19-16-11-9-15(10-12-16)17(18)21-20-14-6-4-2/h9-12H,3-8,13-14H2,1-2H3. The monoisotopic (exact) mass is 294 g/mol. The molecule has 0 heterocycles. The van der Waals surface area contributed by atoms with Crippen LogP contribution in [0.2, 0.25) is 0 Å². The van der Waals surface area contributed by atoms with Gasteiger partial charge in [0.1, 0.15) is 5.75 Å². The maximum atomic E-state index is 11.7. The molecule has 4 nitrogen and oxygen atoms in total. The normalized spacial score (nSPS) is 10.4. The number of ether oxygens (including phenoxy) is 1. The first-order chi connectivity index (χ1) is 10.3. The van der Waals surface area contributed by atoms with Crippen LogP contribution in [0, 0.1) is 0 Å². The molecule has 0 aliphatic heterocycles. The van der Waals surface area contributed by atoms with Crippen molar-refractivity contribution in [3.05, 3.63) is 29.8 Å². The van der Waals surface area contributed by atoms with Crippen molar-refractivity contribution in [2.45, 2.75) is 52.4 Å². The Morgan fingerprint density at radius 3 is 2.29 bits per heavy atom. The van der Waals surface area contributed by atoms with E-state index in [2.05, 4.69) is 6.92 Å². The molecule has 0 spiro atoms. The summed E-state index contributed by atoms with van der Waals surface area (Å²) < 4.78 is 5.62. The number of rotatable bonds is 11. The third kappa shape index (κ3) is 7.71. The second-order valence-corrected chi connectivity index (χ2v) is 4.98. The Kier molecular flexibility index (Phi) is 9.29.